The Balaban J connectivity index is 0.00000225. The van der Waals surface area contributed by atoms with E-state index in [1.165, 1.54) is 12.0 Å². The first-order chi connectivity index (χ1) is 11.5. The van der Waals surface area contributed by atoms with Crippen LogP contribution in [0.4, 0.5) is 0 Å². The highest BCUT2D eigenvalue weighted by atomic mass is 35.5. The molecule has 2 saturated heterocycles. The van der Waals surface area contributed by atoms with Gasteiger partial charge in [0.25, 0.3) is 0 Å². The number of piperazine rings is 1. The summed E-state index contributed by atoms with van der Waals surface area (Å²) >= 11 is 0. The Hall–Kier alpha value is -0.660. The molecule has 1 unspecified atom stereocenters. The lowest BCUT2D eigenvalue weighted by Gasteiger charge is -2.37. The predicted molar refractivity (Wildman–Crippen MR) is 104 cm³/mol. The van der Waals surface area contributed by atoms with E-state index in [2.05, 4.69) is 24.1 Å². The Morgan fingerprint density at radius 3 is 2.28 bits per heavy atom. The van der Waals surface area contributed by atoms with E-state index in [4.69, 9.17) is 0 Å². The molecular weight excluding hydrogens is 358 g/mol. The van der Waals surface area contributed by atoms with Crippen LogP contribution in [0.3, 0.4) is 0 Å². The maximum absolute atomic E-state index is 12.8. The number of halogens is 1. The summed E-state index contributed by atoms with van der Waals surface area (Å²) in [5.41, 5.74) is 1.20. The van der Waals surface area contributed by atoms with Crippen LogP contribution in [-0.2, 0) is 16.4 Å². The van der Waals surface area contributed by atoms with Gasteiger partial charge in [-0.05, 0) is 43.0 Å². The van der Waals surface area contributed by atoms with Crippen molar-refractivity contribution >= 4 is 22.4 Å². The average Bonchev–Trinajstić information content (AvgIpc) is 3.09. The SMILES string of the molecule is CC(C)Cc1ccc(S(=O)(=O)N2CCN(C3CCNC3)CC2)cc1.Cl. The second-order valence-electron chi connectivity index (χ2n) is 7.33. The first kappa shape index (κ1) is 20.6. The zero-order chi connectivity index (χ0) is 17.2. The molecule has 1 atom stereocenters. The van der Waals surface area contributed by atoms with Crippen LogP contribution in [0.2, 0.25) is 0 Å². The second kappa shape index (κ2) is 8.82. The van der Waals surface area contributed by atoms with E-state index in [9.17, 15) is 8.42 Å². The summed E-state index contributed by atoms with van der Waals surface area (Å²) in [6.45, 7) is 9.29. The van der Waals surface area contributed by atoms with Gasteiger partial charge < -0.3 is 5.32 Å². The molecule has 0 bridgehead atoms. The highest BCUT2D eigenvalue weighted by Gasteiger charge is 2.31. The molecule has 0 amide bonds. The van der Waals surface area contributed by atoms with Gasteiger partial charge in [-0.2, -0.15) is 4.31 Å². The third-order valence-electron chi connectivity index (χ3n) is 5.03. The fourth-order valence-corrected chi connectivity index (χ4v) is 5.10. The molecule has 5 nitrogen and oxygen atoms in total. The van der Waals surface area contributed by atoms with Crippen LogP contribution in [0.1, 0.15) is 25.8 Å². The Morgan fingerprint density at radius 2 is 1.76 bits per heavy atom. The molecule has 0 radical (unpaired) electrons. The highest BCUT2D eigenvalue weighted by Crippen LogP contribution is 2.21. The van der Waals surface area contributed by atoms with Gasteiger partial charge in [0, 0.05) is 38.8 Å². The minimum Gasteiger partial charge on any atom is -0.315 e. The zero-order valence-corrected chi connectivity index (χ0v) is 16.8. The first-order valence-corrected chi connectivity index (χ1v) is 10.4. The summed E-state index contributed by atoms with van der Waals surface area (Å²) in [7, 11) is -3.36. The van der Waals surface area contributed by atoms with Crippen molar-refractivity contribution in [1.29, 1.82) is 0 Å². The van der Waals surface area contributed by atoms with Gasteiger partial charge in [-0.1, -0.05) is 26.0 Å². The van der Waals surface area contributed by atoms with Crippen LogP contribution in [0, 0.1) is 5.92 Å². The van der Waals surface area contributed by atoms with Crippen molar-refractivity contribution in [1.82, 2.24) is 14.5 Å². The predicted octanol–water partition coefficient (Wildman–Crippen LogP) is 1.98. The van der Waals surface area contributed by atoms with E-state index in [0.717, 1.165) is 32.6 Å². The number of rotatable bonds is 5. The number of hydrogen-bond donors (Lipinski definition) is 1. The lowest BCUT2D eigenvalue weighted by molar-refractivity contribution is 0.145. The smallest absolute Gasteiger partial charge is 0.243 e. The summed E-state index contributed by atoms with van der Waals surface area (Å²) in [5.74, 6) is 0.575. The van der Waals surface area contributed by atoms with Crippen LogP contribution in [0.25, 0.3) is 0 Å². The quantitative estimate of drug-likeness (QED) is 0.839. The monoisotopic (exact) mass is 387 g/mol. The van der Waals surface area contributed by atoms with E-state index in [1.807, 2.05) is 12.1 Å². The minimum atomic E-state index is -3.36. The molecule has 0 spiro atoms. The minimum absolute atomic E-state index is 0. The standard InChI is InChI=1S/C18H29N3O2S.ClH/c1-15(2)13-16-3-5-18(6-4-16)24(22,23)21-11-9-20(10-12-21)17-7-8-19-14-17;/h3-6,15,17,19H,7-14H2,1-2H3;1H. The fraction of sp³-hybridized carbons (Fsp3) is 0.667. The summed E-state index contributed by atoms with van der Waals surface area (Å²) in [5, 5.41) is 3.38. The number of sulfonamides is 1. The molecular formula is C18H30ClN3O2S. The van der Waals surface area contributed by atoms with E-state index in [1.54, 1.807) is 16.4 Å². The van der Waals surface area contributed by atoms with Gasteiger partial charge in [0.2, 0.25) is 10.0 Å². The van der Waals surface area contributed by atoms with Crippen molar-refractivity contribution < 1.29 is 8.42 Å². The molecule has 2 fully saturated rings. The van der Waals surface area contributed by atoms with Crippen molar-refractivity contribution in [3.8, 4) is 0 Å². The molecule has 1 aromatic rings. The van der Waals surface area contributed by atoms with E-state index >= 15 is 0 Å². The van der Waals surface area contributed by atoms with Crippen molar-refractivity contribution in [2.24, 2.45) is 5.92 Å². The van der Waals surface area contributed by atoms with Crippen molar-refractivity contribution in [2.45, 2.75) is 37.6 Å². The fourth-order valence-electron chi connectivity index (χ4n) is 3.68. The third-order valence-corrected chi connectivity index (χ3v) is 6.94. The van der Waals surface area contributed by atoms with Gasteiger partial charge in [-0.3, -0.25) is 4.90 Å². The Morgan fingerprint density at radius 1 is 1.12 bits per heavy atom. The zero-order valence-electron chi connectivity index (χ0n) is 15.1. The molecule has 25 heavy (non-hydrogen) atoms. The highest BCUT2D eigenvalue weighted by molar-refractivity contribution is 7.89. The molecule has 0 saturated carbocycles. The van der Waals surface area contributed by atoms with Gasteiger partial charge in [-0.25, -0.2) is 8.42 Å². The van der Waals surface area contributed by atoms with Gasteiger partial charge in [0.05, 0.1) is 4.90 Å². The summed E-state index contributed by atoms with van der Waals surface area (Å²) in [6, 6.07) is 8.01. The molecule has 1 N–H and O–H groups in total. The normalized spacial score (nSPS) is 22.9. The number of benzene rings is 1. The van der Waals surface area contributed by atoms with Gasteiger partial charge in [-0.15, -0.1) is 12.4 Å². The lowest BCUT2D eigenvalue weighted by atomic mass is 10.0. The maximum Gasteiger partial charge on any atom is 0.243 e. The molecule has 1 aromatic carbocycles. The lowest BCUT2D eigenvalue weighted by Crippen LogP contribution is -2.52. The number of nitrogens with zero attached hydrogens (tertiary/aromatic N) is 2. The second-order valence-corrected chi connectivity index (χ2v) is 9.27. The molecule has 2 heterocycles. The molecule has 7 heteroatoms. The van der Waals surface area contributed by atoms with Gasteiger partial charge in [0.1, 0.15) is 0 Å². The summed E-state index contributed by atoms with van der Waals surface area (Å²) in [4.78, 5) is 2.85. The molecule has 2 aliphatic rings. The topological polar surface area (TPSA) is 52.7 Å². The summed E-state index contributed by atoms with van der Waals surface area (Å²) < 4.78 is 27.3. The van der Waals surface area contributed by atoms with Gasteiger partial charge >= 0.3 is 0 Å². The first-order valence-electron chi connectivity index (χ1n) is 9.00. The molecule has 3 rings (SSSR count). The Kier molecular flexibility index (Phi) is 7.29. The van der Waals surface area contributed by atoms with Crippen molar-refractivity contribution in [3.05, 3.63) is 29.8 Å². The molecule has 0 aromatic heterocycles. The van der Waals surface area contributed by atoms with Crippen molar-refractivity contribution in [3.63, 3.8) is 0 Å². The Labute approximate surface area is 158 Å². The van der Waals surface area contributed by atoms with Gasteiger partial charge in [0.15, 0.2) is 0 Å². The third kappa shape index (κ3) is 4.95. The molecule has 0 aliphatic carbocycles. The maximum atomic E-state index is 12.8. The summed E-state index contributed by atoms with van der Waals surface area (Å²) in [6.07, 6.45) is 2.15. The van der Waals surface area contributed by atoms with Crippen LogP contribution >= 0.6 is 12.4 Å². The number of hydrogen-bond acceptors (Lipinski definition) is 4. The van der Waals surface area contributed by atoms with Crippen LogP contribution < -0.4 is 5.32 Å². The van der Waals surface area contributed by atoms with E-state index in [0.29, 0.717) is 29.9 Å². The van der Waals surface area contributed by atoms with Crippen molar-refractivity contribution in [2.75, 3.05) is 39.3 Å². The Bertz CT molecular complexity index is 635. The van der Waals surface area contributed by atoms with Crippen LogP contribution in [0.15, 0.2) is 29.2 Å². The molecule has 142 valence electrons. The van der Waals surface area contributed by atoms with Crippen LogP contribution in [-0.4, -0.2) is 62.9 Å². The average molecular weight is 388 g/mol. The molecule has 2 aliphatic heterocycles. The van der Waals surface area contributed by atoms with Crippen LogP contribution in [0.5, 0.6) is 0 Å². The van der Waals surface area contributed by atoms with E-state index < -0.39 is 10.0 Å². The number of nitrogens with one attached hydrogen (secondary N) is 1. The van der Waals surface area contributed by atoms with E-state index in [-0.39, 0.29) is 12.4 Å². The largest absolute Gasteiger partial charge is 0.315 e.